The van der Waals surface area contributed by atoms with Gasteiger partial charge in [-0.1, -0.05) is 37.3 Å². The minimum Gasteiger partial charge on any atom is -0.389 e. The molecule has 0 unspecified atom stereocenters. The summed E-state index contributed by atoms with van der Waals surface area (Å²) in [6, 6.07) is 0. The van der Waals surface area contributed by atoms with Crippen molar-refractivity contribution in [2.45, 2.75) is 57.8 Å². The third-order valence-corrected chi connectivity index (χ3v) is 4.78. The van der Waals surface area contributed by atoms with Gasteiger partial charge in [-0.25, -0.2) is 0 Å². The van der Waals surface area contributed by atoms with Gasteiger partial charge in [0.1, 0.15) is 5.00 Å². The molecule has 1 fully saturated rings. The first-order valence-electron chi connectivity index (χ1n) is 7.31. The number of aromatic nitrogens is 3. The van der Waals surface area contributed by atoms with Crippen LogP contribution in [0.2, 0.25) is 0 Å². The Bertz CT molecular complexity index is 550. The summed E-state index contributed by atoms with van der Waals surface area (Å²) < 4.78 is 9.65. The SMILES string of the molecule is Cc1nsc(N)c1-c1nc(C2CCCCCCC2)no1. The quantitative estimate of drug-likeness (QED) is 0.907. The summed E-state index contributed by atoms with van der Waals surface area (Å²) in [5.74, 6) is 1.79. The third kappa shape index (κ3) is 2.70. The molecule has 0 atom stereocenters. The van der Waals surface area contributed by atoms with E-state index in [2.05, 4.69) is 14.5 Å². The van der Waals surface area contributed by atoms with E-state index in [9.17, 15) is 0 Å². The molecule has 0 bridgehead atoms. The number of nitrogens with zero attached hydrogens (tertiary/aromatic N) is 3. The van der Waals surface area contributed by atoms with Crippen LogP contribution in [-0.2, 0) is 0 Å². The minimum absolute atomic E-state index is 0.431. The van der Waals surface area contributed by atoms with Crippen molar-refractivity contribution in [2.75, 3.05) is 5.73 Å². The topological polar surface area (TPSA) is 77.8 Å². The zero-order valence-electron chi connectivity index (χ0n) is 11.8. The molecular formula is C14H20N4OS. The smallest absolute Gasteiger partial charge is 0.262 e. The lowest BCUT2D eigenvalue weighted by atomic mass is 9.91. The van der Waals surface area contributed by atoms with E-state index in [0.29, 0.717) is 16.8 Å². The van der Waals surface area contributed by atoms with Gasteiger partial charge in [0.15, 0.2) is 5.82 Å². The Kier molecular flexibility index (Phi) is 4.00. The van der Waals surface area contributed by atoms with Gasteiger partial charge in [-0.2, -0.15) is 9.36 Å². The summed E-state index contributed by atoms with van der Waals surface area (Å²) in [7, 11) is 0. The van der Waals surface area contributed by atoms with Crippen molar-refractivity contribution in [2.24, 2.45) is 0 Å². The second-order valence-electron chi connectivity index (χ2n) is 5.51. The molecule has 2 aromatic heterocycles. The molecule has 5 nitrogen and oxygen atoms in total. The third-order valence-electron chi connectivity index (χ3n) is 4.02. The molecule has 0 saturated heterocycles. The average Bonchev–Trinajstić information content (AvgIpc) is 2.96. The average molecular weight is 292 g/mol. The molecule has 108 valence electrons. The van der Waals surface area contributed by atoms with Gasteiger partial charge >= 0.3 is 0 Å². The van der Waals surface area contributed by atoms with Crippen LogP contribution >= 0.6 is 11.5 Å². The van der Waals surface area contributed by atoms with Crippen LogP contribution < -0.4 is 5.73 Å². The number of nitrogen functional groups attached to an aromatic ring is 1. The van der Waals surface area contributed by atoms with Crippen LogP contribution in [-0.4, -0.2) is 14.5 Å². The maximum atomic E-state index is 5.94. The number of aryl methyl sites for hydroxylation is 1. The number of rotatable bonds is 2. The van der Waals surface area contributed by atoms with Gasteiger partial charge in [0, 0.05) is 5.92 Å². The summed E-state index contributed by atoms with van der Waals surface area (Å²) in [5, 5.41) is 4.83. The molecule has 1 aliphatic rings. The largest absolute Gasteiger partial charge is 0.389 e. The molecule has 0 spiro atoms. The monoisotopic (exact) mass is 292 g/mol. The number of anilines is 1. The van der Waals surface area contributed by atoms with E-state index in [1.807, 2.05) is 6.92 Å². The van der Waals surface area contributed by atoms with Gasteiger partial charge in [-0.3, -0.25) is 0 Å². The van der Waals surface area contributed by atoms with E-state index in [-0.39, 0.29) is 0 Å². The maximum Gasteiger partial charge on any atom is 0.262 e. The number of hydrogen-bond acceptors (Lipinski definition) is 6. The van der Waals surface area contributed by atoms with Crippen molar-refractivity contribution in [3.8, 4) is 11.5 Å². The molecule has 0 aliphatic heterocycles. The Balaban J connectivity index is 1.82. The van der Waals surface area contributed by atoms with E-state index in [1.54, 1.807) is 0 Å². The van der Waals surface area contributed by atoms with Crippen molar-refractivity contribution < 1.29 is 4.52 Å². The molecular weight excluding hydrogens is 272 g/mol. The van der Waals surface area contributed by atoms with Crippen molar-refractivity contribution >= 4 is 16.5 Å². The minimum atomic E-state index is 0.431. The van der Waals surface area contributed by atoms with Gasteiger partial charge in [-0.05, 0) is 31.3 Å². The van der Waals surface area contributed by atoms with Gasteiger partial charge < -0.3 is 10.3 Å². The van der Waals surface area contributed by atoms with Gasteiger partial charge in [0.25, 0.3) is 5.89 Å². The van der Waals surface area contributed by atoms with Crippen LogP contribution in [0, 0.1) is 6.92 Å². The lowest BCUT2D eigenvalue weighted by Crippen LogP contribution is -2.04. The van der Waals surface area contributed by atoms with Crippen LogP contribution in [0.5, 0.6) is 0 Å². The number of nitrogens with two attached hydrogens (primary N) is 1. The van der Waals surface area contributed by atoms with Gasteiger partial charge in [-0.15, -0.1) is 0 Å². The van der Waals surface area contributed by atoms with E-state index < -0.39 is 0 Å². The second kappa shape index (κ2) is 5.91. The Morgan fingerprint density at radius 1 is 1.15 bits per heavy atom. The summed E-state index contributed by atoms with van der Waals surface area (Å²) in [4.78, 5) is 4.58. The predicted octanol–water partition coefficient (Wildman–Crippen LogP) is 3.91. The fraction of sp³-hybridized carbons (Fsp3) is 0.643. The Morgan fingerprint density at radius 2 is 1.85 bits per heavy atom. The molecule has 0 aromatic carbocycles. The van der Waals surface area contributed by atoms with Crippen LogP contribution in [0.1, 0.15) is 62.4 Å². The first-order valence-corrected chi connectivity index (χ1v) is 8.09. The number of hydrogen-bond donors (Lipinski definition) is 1. The predicted molar refractivity (Wildman–Crippen MR) is 79.6 cm³/mol. The van der Waals surface area contributed by atoms with E-state index in [4.69, 9.17) is 10.3 Å². The molecule has 2 heterocycles. The molecule has 0 amide bonds. The van der Waals surface area contributed by atoms with E-state index in [1.165, 1.54) is 43.6 Å². The lowest BCUT2D eigenvalue weighted by Gasteiger charge is -2.15. The molecule has 20 heavy (non-hydrogen) atoms. The summed E-state index contributed by atoms with van der Waals surface area (Å²) in [5.41, 5.74) is 7.60. The van der Waals surface area contributed by atoms with E-state index >= 15 is 0 Å². The summed E-state index contributed by atoms with van der Waals surface area (Å²) >= 11 is 1.28. The van der Waals surface area contributed by atoms with Gasteiger partial charge in [0.2, 0.25) is 0 Å². The first kappa shape index (κ1) is 13.5. The highest BCUT2D eigenvalue weighted by Crippen LogP contribution is 2.34. The molecule has 3 rings (SSSR count). The standard InChI is InChI=1S/C14H20N4OS/c1-9-11(12(15)20-18-9)14-16-13(17-19-14)10-7-5-3-2-4-6-8-10/h10H,2-8,15H2,1H3. The maximum absolute atomic E-state index is 5.94. The summed E-state index contributed by atoms with van der Waals surface area (Å²) in [6.45, 7) is 1.92. The van der Waals surface area contributed by atoms with Gasteiger partial charge in [0.05, 0.1) is 11.3 Å². The van der Waals surface area contributed by atoms with Crippen molar-refractivity contribution in [3.63, 3.8) is 0 Å². The van der Waals surface area contributed by atoms with Crippen molar-refractivity contribution in [1.82, 2.24) is 14.5 Å². The fourth-order valence-electron chi connectivity index (χ4n) is 2.86. The highest BCUT2D eigenvalue weighted by atomic mass is 32.1. The normalized spacial score (nSPS) is 17.9. The zero-order valence-corrected chi connectivity index (χ0v) is 12.6. The van der Waals surface area contributed by atoms with Crippen LogP contribution in [0.3, 0.4) is 0 Å². The van der Waals surface area contributed by atoms with Crippen molar-refractivity contribution in [1.29, 1.82) is 0 Å². The molecule has 2 N–H and O–H groups in total. The summed E-state index contributed by atoms with van der Waals surface area (Å²) in [6.07, 6.45) is 8.85. The zero-order chi connectivity index (χ0) is 13.9. The lowest BCUT2D eigenvalue weighted by molar-refractivity contribution is 0.393. The Morgan fingerprint density at radius 3 is 2.50 bits per heavy atom. The van der Waals surface area contributed by atoms with Crippen LogP contribution in [0.4, 0.5) is 5.00 Å². The second-order valence-corrected chi connectivity index (χ2v) is 6.31. The van der Waals surface area contributed by atoms with E-state index in [0.717, 1.165) is 29.9 Å². The molecule has 6 heteroatoms. The Labute approximate surface area is 122 Å². The molecule has 1 aliphatic carbocycles. The van der Waals surface area contributed by atoms with Crippen molar-refractivity contribution in [3.05, 3.63) is 11.5 Å². The van der Waals surface area contributed by atoms with Crippen LogP contribution in [0.25, 0.3) is 11.5 Å². The fourth-order valence-corrected chi connectivity index (χ4v) is 3.52. The molecule has 0 radical (unpaired) electrons. The molecule has 2 aromatic rings. The Hall–Kier alpha value is -1.43. The highest BCUT2D eigenvalue weighted by molar-refractivity contribution is 7.10. The first-order chi connectivity index (χ1) is 9.75. The highest BCUT2D eigenvalue weighted by Gasteiger charge is 2.22. The van der Waals surface area contributed by atoms with Crippen LogP contribution in [0.15, 0.2) is 4.52 Å². The molecule has 1 saturated carbocycles.